The molecule has 0 bridgehead atoms. The standard InChI is InChI=1S/C23H20Cl2F3N3O4/c1-3-34-20(32)22(12-14(2)24)13-31(30-19(22)15-4-6-16(25)7-5-15)21(33)29-17-8-10-18(11-9-17)35-23(26,27)28/h4-11H,2-3,12-13H2,1H3,(H,29,33). The summed E-state index contributed by atoms with van der Waals surface area (Å²) < 4.78 is 46.2. The normalized spacial score (nSPS) is 17.5. The Kier molecular flexibility index (Phi) is 7.97. The SMILES string of the molecule is C=C(Cl)CC1(C(=O)OCC)CN(C(=O)Nc2ccc(OC(F)(F)F)cc2)N=C1c1ccc(Cl)cc1. The Bertz CT molecular complexity index is 1140. The van der Waals surface area contributed by atoms with E-state index in [0.717, 1.165) is 17.1 Å². The second-order valence-electron chi connectivity index (χ2n) is 7.51. The highest BCUT2D eigenvalue weighted by atomic mass is 35.5. The van der Waals surface area contributed by atoms with Gasteiger partial charge in [-0.25, -0.2) is 9.80 Å². The molecule has 2 aromatic rings. The van der Waals surface area contributed by atoms with Crippen LogP contribution in [0.3, 0.4) is 0 Å². The second kappa shape index (κ2) is 10.6. The van der Waals surface area contributed by atoms with Crippen LogP contribution in [0.25, 0.3) is 0 Å². The van der Waals surface area contributed by atoms with Crippen molar-refractivity contribution in [1.29, 1.82) is 0 Å². The molecular formula is C23H20Cl2F3N3O4. The number of carbonyl (C=O) groups excluding carboxylic acids is 2. The number of hydrogen-bond donors (Lipinski definition) is 1. The van der Waals surface area contributed by atoms with Gasteiger partial charge in [0, 0.05) is 22.2 Å². The highest BCUT2D eigenvalue weighted by molar-refractivity contribution is 6.31. The maximum absolute atomic E-state index is 13.1. The average Bonchev–Trinajstić information content (AvgIpc) is 3.15. The molecule has 1 unspecified atom stereocenters. The van der Waals surface area contributed by atoms with Gasteiger partial charge in [-0.3, -0.25) is 4.79 Å². The first-order valence-corrected chi connectivity index (χ1v) is 11.0. The van der Waals surface area contributed by atoms with E-state index in [1.807, 2.05) is 0 Å². The first-order valence-electron chi connectivity index (χ1n) is 10.2. The van der Waals surface area contributed by atoms with Gasteiger partial charge in [-0.15, -0.1) is 13.2 Å². The highest BCUT2D eigenvalue weighted by Crippen LogP contribution is 2.39. The van der Waals surface area contributed by atoms with E-state index in [2.05, 4.69) is 21.7 Å². The van der Waals surface area contributed by atoms with Gasteiger partial charge >= 0.3 is 18.4 Å². The molecule has 12 heteroatoms. The van der Waals surface area contributed by atoms with Crippen molar-refractivity contribution >= 4 is 46.6 Å². The van der Waals surface area contributed by atoms with E-state index in [9.17, 15) is 22.8 Å². The second-order valence-corrected chi connectivity index (χ2v) is 8.48. The molecule has 0 radical (unpaired) electrons. The van der Waals surface area contributed by atoms with Crippen molar-refractivity contribution in [3.63, 3.8) is 0 Å². The molecule has 0 fully saturated rings. The fraction of sp³-hybridized carbons (Fsp3) is 0.261. The summed E-state index contributed by atoms with van der Waals surface area (Å²) in [4.78, 5) is 26.1. The van der Waals surface area contributed by atoms with Crippen molar-refractivity contribution in [1.82, 2.24) is 5.01 Å². The molecule has 0 spiro atoms. The zero-order chi connectivity index (χ0) is 25.8. The van der Waals surface area contributed by atoms with Gasteiger partial charge in [-0.2, -0.15) is 5.10 Å². The number of hydrogen-bond acceptors (Lipinski definition) is 5. The molecule has 35 heavy (non-hydrogen) atoms. The third kappa shape index (κ3) is 6.46. The van der Waals surface area contributed by atoms with Crippen LogP contribution in [0.15, 0.2) is 65.2 Å². The topological polar surface area (TPSA) is 80.2 Å². The Labute approximate surface area is 209 Å². The van der Waals surface area contributed by atoms with Crippen molar-refractivity contribution in [3.05, 3.63) is 70.7 Å². The first-order chi connectivity index (χ1) is 16.4. The van der Waals surface area contributed by atoms with Crippen LogP contribution in [0.4, 0.5) is 23.7 Å². The number of ether oxygens (including phenoxy) is 2. The molecule has 7 nitrogen and oxygen atoms in total. The summed E-state index contributed by atoms with van der Waals surface area (Å²) in [5.41, 5.74) is -0.504. The number of halogens is 5. The van der Waals surface area contributed by atoms with E-state index < -0.39 is 29.5 Å². The van der Waals surface area contributed by atoms with Crippen molar-refractivity contribution in [2.75, 3.05) is 18.5 Å². The minimum atomic E-state index is -4.84. The Morgan fingerprint density at radius 1 is 1.17 bits per heavy atom. The van der Waals surface area contributed by atoms with E-state index in [1.54, 1.807) is 31.2 Å². The molecule has 3 rings (SSSR count). The Balaban J connectivity index is 1.92. The number of hydrazone groups is 1. The molecule has 186 valence electrons. The van der Waals surface area contributed by atoms with E-state index >= 15 is 0 Å². The Hall–Kier alpha value is -3.24. The number of carbonyl (C=O) groups is 2. The number of alkyl halides is 3. The van der Waals surface area contributed by atoms with Gasteiger partial charge in [0.1, 0.15) is 11.2 Å². The quantitative estimate of drug-likeness (QED) is 0.434. The summed E-state index contributed by atoms with van der Waals surface area (Å²) in [6.07, 6.45) is -4.89. The van der Waals surface area contributed by atoms with E-state index in [1.165, 1.54) is 12.1 Å². The number of esters is 1. The maximum atomic E-state index is 13.1. The van der Waals surface area contributed by atoms with Gasteiger partial charge < -0.3 is 14.8 Å². The fourth-order valence-electron chi connectivity index (χ4n) is 3.54. The molecule has 0 aromatic heterocycles. The van der Waals surface area contributed by atoms with Gasteiger partial charge in [-0.05, 0) is 48.9 Å². The summed E-state index contributed by atoms with van der Waals surface area (Å²) in [5, 5.41) is 8.56. The molecule has 0 saturated carbocycles. The summed E-state index contributed by atoms with van der Waals surface area (Å²) in [7, 11) is 0. The zero-order valence-corrected chi connectivity index (χ0v) is 19.9. The minimum absolute atomic E-state index is 0.0535. The molecular weight excluding hydrogens is 510 g/mol. The molecule has 1 aliphatic heterocycles. The largest absolute Gasteiger partial charge is 0.573 e. The van der Waals surface area contributed by atoms with Crippen LogP contribution in [-0.4, -0.2) is 42.2 Å². The smallest absolute Gasteiger partial charge is 0.465 e. The predicted molar refractivity (Wildman–Crippen MR) is 126 cm³/mol. The number of benzene rings is 2. The number of nitrogens with zero attached hydrogens (tertiary/aromatic N) is 2. The van der Waals surface area contributed by atoms with Crippen LogP contribution in [0.2, 0.25) is 5.02 Å². The lowest BCUT2D eigenvalue weighted by Crippen LogP contribution is -2.44. The third-order valence-electron chi connectivity index (χ3n) is 4.94. The van der Waals surface area contributed by atoms with Crippen molar-refractivity contribution < 1.29 is 32.2 Å². The van der Waals surface area contributed by atoms with Gasteiger partial charge in [0.2, 0.25) is 0 Å². The lowest BCUT2D eigenvalue weighted by atomic mass is 9.77. The van der Waals surface area contributed by atoms with Crippen molar-refractivity contribution in [3.8, 4) is 5.75 Å². The first kappa shape index (κ1) is 26.4. The van der Waals surface area contributed by atoms with E-state index in [-0.39, 0.29) is 36.0 Å². The summed E-state index contributed by atoms with van der Waals surface area (Å²) in [6.45, 7) is 5.21. The predicted octanol–water partition coefficient (Wildman–Crippen LogP) is 6.18. The third-order valence-corrected chi connectivity index (χ3v) is 5.33. The van der Waals surface area contributed by atoms with Crippen molar-refractivity contribution in [2.24, 2.45) is 10.5 Å². The van der Waals surface area contributed by atoms with Gasteiger partial charge in [-0.1, -0.05) is 41.9 Å². The average molecular weight is 530 g/mol. The van der Waals surface area contributed by atoms with Gasteiger partial charge in [0.25, 0.3) is 0 Å². The summed E-state index contributed by atoms with van der Waals surface area (Å²) in [5.74, 6) is -1.08. The van der Waals surface area contributed by atoms with Gasteiger partial charge in [0.15, 0.2) is 0 Å². The monoisotopic (exact) mass is 529 g/mol. The maximum Gasteiger partial charge on any atom is 0.573 e. The van der Waals surface area contributed by atoms with Crippen LogP contribution in [-0.2, 0) is 9.53 Å². The number of anilines is 1. The fourth-order valence-corrected chi connectivity index (χ4v) is 3.89. The zero-order valence-electron chi connectivity index (χ0n) is 18.4. The molecule has 1 atom stereocenters. The Morgan fingerprint density at radius 2 is 1.80 bits per heavy atom. The molecule has 2 aromatic carbocycles. The van der Waals surface area contributed by atoms with Crippen LogP contribution in [0, 0.1) is 5.41 Å². The lowest BCUT2D eigenvalue weighted by molar-refractivity contribution is -0.274. The summed E-state index contributed by atoms with van der Waals surface area (Å²) >= 11 is 12.1. The number of amides is 2. The van der Waals surface area contributed by atoms with E-state index in [4.69, 9.17) is 27.9 Å². The molecule has 0 saturated heterocycles. The number of allylic oxidation sites excluding steroid dienone is 1. The molecule has 0 aliphatic carbocycles. The summed E-state index contributed by atoms with van der Waals surface area (Å²) in [6, 6.07) is 10.4. The molecule has 2 amide bonds. The van der Waals surface area contributed by atoms with Crippen molar-refractivity contribution in [2.45, 2.75) is 19.7 Å². The van der Waals surface area contributed by atoms with Crippen LogP contribution in [0.5, 0.6) is 5.75 Å². The molecule has 1 heterocycles. The number of urea groups is 1. The van der Waals surface area contributed by atoms with Crippen LogP contribution >= 0.6 is 23.2 Å². The number of rotatable bonds is 7. The highest BCUT2D eigenvalue weighted by Gasteiger charge is 2.52. The minimum Gasteiger partial charge on any atom is -0.465 e. The lowest BCUT2D eigenvalue weighted by Gasteiger charge is -2.28. The Morgan fingerprint density at radius 3 is 2.34 bits per heavy atom. The molecule has 1 aliphatic rings. The van der Waals surface area contributed by atoms with E-state index in [0.29, 0.717) is 10.6 Å². The van der Waals surface area contributed by atoms with Crippen LogP contribution in [0.1, 0.15) is 18.9 Å². The number of nitrogens with one attached hydrogen (secondary N) is 1. The molecule has 1 N–H and O–H groups in total. The van der Waals surface area contributed by atoms with Gasteiger partial charge in [0.05, 0.1) is 18.9 Å². The van der Waals surface area contributed by atoms with Crippen LogP contribution < -0.4 is 10.1 Å².